The van der Waals surface area contributed by atoms with Crippen LogP contribution in [0.1, 0.15) is 26.2 Å². The van der Waals surface area contributed by atoms with Crippen molar-refractivity contribution in [2.24, 2.45) is 5.92 Å². The molecule has 9 nitrogen and oxygen atoms in total. The van der Waals surface area contributed by atoms with E-state index in [1.165, 1.54) is 10.8 Å². The fourth-order valence-corrected chi connectivity index (χ4v) is 3.79. The van der Waals surface area contributed by atoms with E-state index in [2.05, 4.69) is 22.2 Å². The number of amides is 2. The number of hydrogen-bond acceptors (Lipinski definition) is 6. The Labute approximate surface area is 150 Å². The molecular formula is C17H22N6O3. The summed E-state index contributed by atoms with van der Waals surface area (Å²) in [5.74, 6) is 0.334. The minimum Gasteiger partial charge on any atom is -0.467 e. The molecule has 5 rings (SSSR count). The predicted molar refractivity (Wildman–Crippen MR) is 91.4 cm³/mol. The number of nitrogens with zero attached hydrogens (tertiary/aromatic N) is 6. The van der Waals surface area contributed by atoms with E-state index < -0.39 is 0 Å². The molecule has 0 aliphatic carbocycles. The predicted octanol–water partition coefficient (Wildman–Crippen LogP) is 0.362. The molecule has 2 amide bonds. The molecule has 0 saturated carbocycles. The van der Waals surface area contributed by atoms with E-state index in [9.17, 15) is 9.59 Å². The molecule has 0 spiro atoms. The molecule has 138 valence electrons. The largest absolute Gasteiger partial charge is 0.467 e. The van der Waals surface area contributed by atoms with Crippen LogP contribution in [0.4, 0.5) is 0 Å². The van der Waals surface area contributed by atoms with Gasteiger partial charge in [0.15, 0.2) is 12.3 Å². The molecule has 0 N–H and O–H groups in total. The lowest BCUT2D eigenvalue weighted by molar-refractivity contribution is -0.139. The summed E-state index contributed by atoms with van der Waals surface area (Å²) in [4.78, 5) is 28.9. The number of fused-ring (bicyclic) bond motifs is 5. The number of carbonyl (C=O) groups is 2. The molecule has 26 heavy (non-hydrogen) atoms. The Morgan fingerprint density at radius 3 is 3.04 bits per heavy atom. The van der Waals surface area contributed by atoms with Gasteiger partial charge in [0, 0.05) is 31.7 Å². The third-order valence-electron chi connectivity index (χ3n) is 5.09. The smallest absolute Gasteiger partial charge is 0.260 e. The van der Waals surface area contributed by atoms with Gasteiger partial charge in [-0.25, -0.2) is 0 Å². The first-order chi connectivity index (χ1) is 12.7. The van der Waals surface area contributed by atoms with Crippen LogP contribution in [0.2, 0.25) is 0 Å². The molecule has 0 radical (unpaired) electrons. The van der Waals surface area contributed by atoms with Crippen LogP contribution >= 0.6 is 0 Å². The first-order valence-corrected chi connectivity index (χ1v) is 9.04. The monoisotopic (exact) mass is 358 g/mol. The second-order valence-corrected chi connectivity index (χ2v) is 6.85. The summed E-state index contributed by atoms with van der Waals surface area (Å²) in [6.07, 6.45) is 4.24. The summed E-state index contributed by atoms with van der Waals surface area (Å²) in [5.41, 5.74) is 0.613. The van der Waals surface area contributed by atoms with Crippen LogP contribution in [0.25, 0.3) is 5.65 Å². The van der Waals surface area contributed by atoms with E-state index >= 15 is 0 Å². The lowest BCUT2D eigenvalue weighted by Crippen LogP contribution is -2.48. The highest BCUT2D eigenvalue weighted by Gasteiger charge is 2.41. The van der Waals surface area contributed by atoms with Gasteiger partial charge in [-0.3, -0.25) is 9.59 Å². The lowest BCUT2D eigenvalue weighted by atomic mass is 9.94. The van der Waals surface area contributed by atoms with Gasteiger partial charge in [-0.1, -0.05) is 6.92 Å². The highest BCUT2D eigenvalue weighted by atomic mass is 16.5. The fraction of sp³-hybridized carbons (Fsp3) is 0.588. The third kappa shape index (κ3) is 3.09. The van der Waals surface area contributed by atoms with Gasteiger partial charge in [0.25, 0.3) is 5.91 Å². The van der Waals surface area contributed by atoms with Gasteiger partial charge < -0.3 is 14.5 Å². The van der Waals surface area contributed by atoms with Gasteiger partial charge in [-0.05, 0) is 25.3 Å². The third-order valence-corrected chi connectivity index (χ3v) is 5.09. The summed E-state index contributed by atoms with van der Waals surface area (Å²) < 4.78 is 7.05. The van der Waals surface area contributed by atoms with E-state index in [1.807, 2.05) is 4.90 Å². The maximum Gasteiger partial charge on any atom is 0.260 e. The first kappa shape index (κ1) is 16.7. The molecule has 3 saturated heterocycles. The van der Waals surface area contributed by atoms with Gasteiger partial charge in [-0.15, -0.1) is 15.3 Å². The summed E-state index contributed by atoms with van der Waals surface area (Å²) in [5, 5.41) is 11.8. The SMILES string of the molecule is CCCN1C(=O)[C@H]2CC[C@@H]1CN(C(=O)COc1ccc3nncn3n1)C2. The van der Waals surface area contributed by atoms with Crippen molar-refractivity contribution in [1.29, 1.82) is 0 Å². The van der Waals surface area contributed by atoms with E-state index in [-0.39, 0.29) is 30.4 Å². The molecule has 3 aliphatic heterocycles. The van der Waals surface area contributed by atoms with Crippen molar-refractivity contribution < 1.29 is 14.3 Å². The van der Waals surface area contributed by atoms with Crippen LogP contribution in [0.3, 0.4) is 0 Å². The zero-order valence-corrected chi connectivity index (χ0v) is 14.7. The van der Waals surface area contributed by atoms with Gasteiger partial charge in [0.2, 0.25) is 11.8 Å². The molecule has 9 heteroatoms. The van der Waals surface area contributed by atoms with E-state index in [4.69, 9.17) is 4.74 Å². The van der Waals surface area contributed by atoms with Crippen molar-refractivity contribution in [3.8, 4) is 5.88 Å². The van der Waals surface area contributed by atoms with Crippen molar-refractivity contribution in [2.75, 3.05) is 26.2 Å². The van der Waals surface area contributed by atoms with Crippen LogP contribution in [0.5, 0.6) is 5.88 Å². The quantitative estimate of drug-likeness (QED) is 0.766. The maximum atomic E-state index is 12.6. The number of piperidine rings is 1. The number of ether oxygens (including phenoxy) is 1. The Morgan fingerprint density at radius 2 is 2.19 bits per heavy atom. The number of carbonyl (C=O) groups excluding carboxylic acids is 2. The molecule has 3 aliphatic rings. The van der Waals surface area contributed by atoms with Gasteiger partial charge >= 0.3 is 0 Å². The first-order valence-electron chi connectivity index (χ1n) is 9.04. The minimum atomic E-state index is -0.112. The van der Waals surface area contributed by atoms with Crippen LogP contribution in [-0.4, -0.2) is 73.7 Å². The number of rotatable bonds is 5. The molecule has 2 atom stereocenters. The Hall–Kier alpha value is -2.71. The molecule has 2 aromatic heterocycles. The Bertz CT molecular complexity index is 822. The highest BCUT2D eigenvalue weighted by Crippen LogP contribution is 2.29. The Morgan fingerprint density at radius 1 is 1.31 bits per heavy atom. The Kier molecular flexibility index (Phi) is 4.44. The highest BCUT2D eigenvalue weighted by molar-refractivity contribution is 5.83. The Balaban J connectivity index is 1.41. The minimum absolute atomic E-state index is 0.0873. The van der Waals surface area contributed by atoms with Gasteiger partial charge in [-0.2, -0.15) is 4.52 Å². The average molecular weight is 358 g/mol. The van der Waals surface area contributed by atoms with Crippen LogP contribution in [0.15, 0.2) is 18.5 Å². The summed E-state index contributed by atoms with van der Waals surface area (Å²) in [6, 6.07) is 3.51. The standard InChI is InChI=1S/C17H22N6O3/c1-2-7-22-13-4-3-12(17(22)25)8-21(9-13)16(24)10-26-15-6-5-14-19-18-11-23(14)20-15/h5-6,11-13H,2-4,7-10H2,1H3/t12-,13+/m0/s1. The van der Waals surface area contributed by atoms with Crippen molar-refractivity contribution in [3.63, 3.8) is 0 Å². The van der Waals surface area contributed by atoms with Crippen LogP contribution in [-0.2, 0) is 9.59 Å². The summed E-state index contributed by atoms with van der Waals surface area (Å²) in [7, 11) is 0. The topological polar surface area (TPSA) is 92.9 Å². The zero-order valence-electron chi connectivity index (χ0n) is 14.7. The van der Waals surface area contributed by atoms with E-state index in [0.29, 0.717) is 24.6 Å². The van der Waals surface area contributed by atoms with Crippen molar-refractivity contribution in [2.45, 2.75) is 32.2 Å². The second kappa shape index (κ2) is 6.89. The maximum absolute atomic E-state index is 12.6. The van der Waals surface area contributed by atoms with E-state index in [1.54, 1.807) is 17.0 Å². The fourth-order valence-electron chi connectivity index (χ4n) is 3.79. The molecule has 0 aromatic carbocycles. The molecular weight excluding hydrogens is 336 g/mol. The summed E-state index contributed by atoms with van der Waals surface area (Å²) in [6.45, 7) is 3.81. The summed E-state index contributed by atoms with van der Waals surface area (Å²) >= 11 is 0. The molecule has 0 unspecified atom stereocenters. The van der Waals surface area contributed by atoms with Gasteiger partial charge in [0.1, 0.15) is 6.33 Å². The van der Waals surface area contributed by atoms with Crippen molar-refractivity contribution >= 4 is 17.5 Å². The molecule has 5 heterocycles. The number of aromatic nitrogens is 4. The molecule has 2 aromatic rings. The molecule has 3 fully saturated rings. The van der Waals surface area contributed by atoms with Crippen molar-refractivity contribution in [3.05, 3.63) is 18.5 Å². The zero-order chi connectivity index (χ0) is 18.1. The van der Waals surface area contributed by atoms with Gasteiger partial charge in [0.05, 0.1) is 5.92 Å². The van der Waals surface area contributed by atoms with Crippen LogP contribution in [0, 0.1) is 5.92 Å². The van der Waals surface area contributed by atoms with Crippen LogP contribution < -0.4 is 4.74 Å². The average Bonchev–Trinajstić information content (AvgIpc) is 2.94. The van der Waals surface area contributed by atoms with E-state index in [0.717, 1.165) is 25.8 Å². The molecule has 2 bridgehead atoms. The number of hydrogen-bond donors (Lipinski definition) is 0. The second-order valence-electron chi connectivity index (χ2n) is 6.85. The normalized spacial score (nSPS) is 22.7. The lowest BCUT2D eigenvalue weighted by Gasteiger charge is -2.35. The van der Waals surface area contributed by atoms with Crippen molar-refractivity contribution in [1.82, 2.24) is 29.6 Å².